The zero-order chi connectivity index (χ0) is 19.3. The number of Topliss-reactive ketones (excluding diaryl/α,β-unsaturated/α-hetero) is 1. The van der Waals surface area contributed by atoms with Crippen LogP contribution in [0.25, 0.3) is 0 Å². The highest BCUT2D eigenvalue weighted by molar-refractivity contribution is 7.89. The number of ketones is 1. The van der Waals surface area contributed by atoms with Gasteiger partial charge in [0.05, 0.1) is 4.90 Å². The van der Waals surface area contributed by atoms with Gasteiger partial charge in [0.25, 0.3) is 0 Å². The molecule has 1 atom stereocenters. The number of amides is 1. The molecule has 0 saturated heterocycles. The maximum absolute atomic E-state index is 12.6. The first-order chi connectivity index (χ1) is 12.2. The number of nitrogens with one attached hydrogen (secondary N) is 2. The molecule has 2 rings (SSSR count). The zero-order valence-corrected chi connectivity index (χ0v) is 15.7. The monoisotopic (exact) mass is 374 g/mol. The zero-order valence-electron chi connectivity index (χ0n) is 14.9. The first kappa shape index (κ1) is 19.8. The van der Waals surface area contributed by atoms with Gasteiger partial charge in [0.2, 0.25) is 15.9 Å². The smallest absolute Gasteiger partial charge is 0.242 e. The van der Waals surface area contributed by atoms with Crippen LogP contribution in [0, 0.1) is 5.92 Å². The number of benzene rings is 2. The van der Waals surface area contributed by atoms with Gasteiger partial charge in [-0.25, -0.2) is 8.42 Å². The number of rotatable bonds is 7. The Morgan fingerprint density at radius 2 is 1.62 bits per heavy atom. The van der Waals surface area contributed by atoms with Crippen molar-refractivity contribution in [3.8, 4) is 0 Å². The lowest BCUT2D eigenvalue weighted by molar-refractivity contribution is -0.118. The van der Waals surface area contributed by atoms with Crippen LogP contribution in [0.4, 0.5) is 5.69 Å². The number of hydrogen-bond acceptors (Lipinski definition) is 4. The molecule has 0 radical (unpaired) electrons. The molecule has 2 N–H and O–H groups in total. The summed E-state index contributed by atoms with van der Waals surface area (Å²) in [7, 11) is -3.83. The van der Waals surface area contributed by atoms with Gasteiger partial charge in [-0.3, -0.25) is 9.59 Å². The minimum atomic E-state index is -3.83. The molecule has 0 heterocycles. The van der Waals surface area contributed by atoms with Crippen LogP contribution in [0.2, 0.25) is 0 Å². The molecular weight excluding hydrogens is 352 g/mol. The highest BCUT2D eigenvalue weighted by Gasteiger charge is 2.28. The van der Waals surface area contributed by atoms with Crippen LogP contribution in [-0.2, 0) is 14.8 Å². The number of anilines is 1. The molecule has 2 aromatic rings. The Labute approximate surface area is 153 Å². The molecule has 1 amide bonds. The topological polar surface area (TPSA) is 92.3 Å². The summed E-state index contributed by atoms with van der Waals surface area (Å²) in [5.74, 6) is -0.879. The third-order valence-electron chi connectivity index (χ3n) is 3.82. The SMILES string of the molecule is CC(=O)c1cccc(NC(=O)[C@@H](NS(=O)(=O)c2ccccc2)C(C)C)c1. The molecule has 7 heteroatoms. The number of hydrogen-bond donors (Lipinski definition) is 2. The minimum Gasteiger partial charge on any atom is -0.325 e. The number of carbonyl (C=O) groups is 2. The summed E-state index contributed by atoms with van der Waals surface area (Å²) in [4.78, 5) is 24.2. The van der Waals surface area contributed by atoms with E-state index < -0.39 is 22.0 Å². The van der Waals surface area contributed by atoms with Crippen LogP contribution in [-0.4, -0.2) is 26.2 Å². The van der Waals surface area contributed by atoms with E-state index in [-0.39, 0.29) is 16.6 Å². The van der Waals surface area contributed by atoms with Crippen LogP contribution in [0.3, 0.4) is 0 Å². The fraction of sp³-hybridized carbons (Fsp3) is 0.263. The van der Waals surface area contributed by atoms with Crippen LogP contribution >= 0.6 is 0 Å². The highest BCUT2D eigenvalue weighted by atomic mass is 32.2. The van der Waals surface area contributed by atoms with Crippen molar-refractivity contribution in [2.75, 3.05) is 5.32 Å². The van der Waals surface area contributed by atoms with Crippen LogP contribution in [0.1, 0.15) is 31.1 Å². The van der Waals surface area contributed by atoms with E-state index in [4.69, 9.17) is 0 Å². The van der Waals surface area contributed by atoms with E-state index in [1.54, 1.807) is 56.3 Å². The van der Waals surface area contributed by atoms with Crippen LogP contribution < -0.4 is 10.0 Å². The lowest BCUT2D eigenvalue weighted by atomic mass is 10.0. The normalized spacial score (nSPS) is 12.6. The Balaban J connectivity index is 2.20. The lowest BCUT2D eigenvalue weighted by Crippen LogP contribution is -2.47. The third-order valence-corrected chi connectivity index (χ3v) is 5.28. The molecule has 0 aromatic heterocycles. The summed E-state index contributed by atoms with van der Waals surface area (Å²) in [6, 6.07) is 13.4. The summed E-state index contributed by atoms with van der Waals surface area (Å²) < 4.78 is 27.5. The molecule has 0 saturated carbocycles. The number of sulfonamides is 1. The minimum absolute atomic E-state index is 0.0945. The van der Waals surface area contributed by atoms with Crippen molar-refractivity contribution in [2.45, 2.75) is 31.7 Å². The summed E-state index contributed by atoms with van der Waals surface area (Å²) in [6.45, 7) is 4.94. The molecule has 0 spiro atoms. The van der Waals surface area contributed by atoms with E-state index in [2.05, 4.69) is 10.0 Å². The third kappa shape index (κ3) is 5.00. The Morgan fingerprint density at radius 3 is 2.19 bits per heavy atom. The molecule has 0 aliphatic carbocycles. The first-order valence-corrected chi connectivity index (χ1v) is 9.68. The predicted molar refractivity (Wildman–Crippen MR) is 100 cm³/mol. The van der Waals surface area contributed by atoms with Crippen molar-refractivity contribution < 1.29 is 18.0 Å². The molecule has 0 fully saturated rings. The quantitative estimate of drug-likeness (QED) is 0.729. The molecule has 0 aliphatic rings. The largest absolute Gasteiger partial charge is 0.325 e. The maximum atomic E-state index is 12.6. The standard InChI is InChI=1S/C19H22N2O4S/c1-13(2)18(21-26(24,25)17-10-5-4-6-11-17)19(23)20-16-9-7-8-15(12-16)14(3)22/h4-13,18,21H,1-3H3,(H,20,23)/t18-/m0/s1. The molecular formula is C19H22N2O4S. The molecule has 138 valence electrons. The molecule has 0 unspecified atom stereocenters. The van der Waals surface area contributed by atoms with E-state index >= 15 is 0 Å². The Morgan fingerprint density at radius 1 is 0.962 bits per heavy atom. The van der Waals surface area contributed by atoms with Gasteiger partial charge >= 0.3 is 0 Å². The lowest BCUT2D eigenvalue weighted by Gasteiger charge is -2.21. The number of carbonyl (C=O) groups excluding carboxylic acids is 2. The van der Waals surface area contributed by atoms with E-state index in [1.165, 1.54) is 19.1 Å². The van der Waals surface area contributed by atoms with Crippen molar-refractivity contribution in [1.82, 2.24) is 4.72 Å². The molecule has 0 aliphatic heterocycles. The molecule has 2 aromatic carbocycles. The Kier molecular flexibility index (Phi) is 6.28. The Bertz CT molecular complexity index is 893. The van der Waals surface area contributed by atoms with Gasteiger partial charge in [0.1, 0.15) is 6.04 Å². The first-order valence-electron chi connectivity index (χ1n) is 8.20. The van der Waals surface area contributed by atoms with E-state index in [0.29, 0.717) is 11.3 Å². The summed E-state index contributed by atoms with van der Waals surface area (Å²) >= 11 is 0. The van der Waals surface area contributed by atoms with Gasteiger partial charge in [0.15, 0.2) is 5.78 Å². The van der Waals surface area contributed by atoms with Gasteiger partial charge in [-0.2, -0.15) is 4.72 Å². The highest BCUT2D eigenvalue weighted by Crippen LogP contribution is 2.15. The molecule has 6 nitrogen and oxygen atoms in total. The Hall–Kier alpha value is -2.51. The van der Waals surface area contributed by atoms with Crippen molar-refractivity contribution >= 4 is 27.4 Å². The van der Waals surface area contributed by atoms with Crippen molar-refractivity contribution in [1.29, 1.82) is 0 Å². The van der Waals surface area contributed by atoms with Crippen LogP contribution in [0.15, 0.2) is 59.5 Å². The summed E-state index contributed by atoms with van der Waals surface area (Å²) in [5.41, 5.74) is 0.904. The van der Waals surface area contributed by atoms with Crippen molar-refractivity contribution in [3.05, 3.63) is 60.2 Å². The van der Waals surface area contributed by atoms with Gasteiger partial charge in [-0.05, 0) is 37.1 Å². The van der Waals surface area contributed by atoms with E-state index in [0.717, 1.165) is 0 Å². The molecule has 26 heavy (non-hydrogen) atoms. The maximum Gasteiger partial charge on any atom is 0.242 e. The van der Waals surface area contributed by atoms with Crippen LogP contribution in [0.5, 0.6) is 0 Å². The second-order valence-electron chi connectivity index (χ2n) is 6.28. The van der Waals surface area contributed by atoms with Crippen molar-refractivity contribution in [2.24, 2.45) is 5.92 Å². The summed E-state index contributed by atoms with van der Waals surface area (Å²) in [5, 5.41) is 2.67. The second-order valence-corrected chi connectivity index (χ2v) is 8.00. The summed E-state index contributed by atoms with van der Waals surface area (Å²) in [6.07, 6.45) is 0. The van der Waals surface area contributed by atoms with Gasteiger partial charge in [-0.1, -0.05) is 44.2 Å². The average Bonchev–Trinajstić information content (AvgIpc) is 2.60. The van der Waals surface area contributed by atoms with Crippen molar-refractivity contribution in [3.63, 3.8) is 0 Å². The predicted octanol–water partition coefficient (Wildman–Crippen LogP) is 2.83. The van der Waals surface area contributed by atoms with Gasteiger partial charge in [-0.15, -0.1) is 0 Å². The molecule has 0 bridgehead atoms. The van der Waals surface area contributed by atoms with E-state index in [9.17, 15) is 18.0 Å². The van der Waals surface area contributed by atoms with Gasteiger partial charge in [0, 0.05) is 11.3 Å². The second kappa shape index (κ2) is 8.25. The van der Waals surface area contributed by atoms with E-state index in [1.807, 2.05) is 0 Å². The fourth-order valence-electron chi connectivity index (χ4n) is 2.36. The average molecular weight is 374 g/mol. The fourth-order valence-corrected chi connectivity index (χ4v) is 3.73. The van der Waals surface area contributed by atoms with Gasteiger partial charge < -0.3 is 5.32 Å².